The summed E-state index contributed by atoms with van der Waals surface area (Å²) in [5.74, 6) is 0.723. The molecule has 0 saturated heterocycles. The third kappa shape index (κ3) is 2.87. The van der Waals surface area contributed by atoms with Crippen molar-refractivity contribution in [2.24, 2.45) is 5.16 Å². The van der Waals surface area contributed by atoms with Crippen LogP contribution in [0.15, 0.2) is 41.1 Å². The van der Waals surface area contributed by atoms with Gasteiger partial charge in [0.2, 0.25) is 0 Å². The van der Waals surface area contributed by atoms with Crippen molar-refractivity contribution in [2.75, 3.05) is 0 Å². The number of oxime groups is 1. The molecule has 0 atom stereocenters. The van der Waals surface area contributed by atoms with Crippen molar-refractivity contribution in [3.63, 3.8) is 0 Å². The van der Waals surface area contributed by atoms with Gasteiger partial charge in [-0.2, -0.15) is 0 Å². The fraction of sp³-hybridized carbons (Fsp3) is 0.231. The molecule has 0 aliphatic heterocycles. The molecule has 0 radical (unpaired) electrons. The molecule has 0 aliphatic carbocycles. The quantitative estimate of drug-likeness (QED) is 0.511. The Morgan fingerprint density at radius 2 is 2.28 bits per heavy atom. The Morgan fingerprint density at radius 3 is 2.94 bits per heavy atom. The van der Waals surface area contributed by atoms with E-state index in [2.05, 4.69) is 10.1 Å². The number of benzene rings is 1. The molecule has 0 spiro atoms. The van der Waals surface area contributed by atoms with E-state index >= 15 is 0 Å². The lowest BCUT2D eigenvalue weighted by atomic mass is 10.1. The van der Waals surface area contributed by atoms with Gasteiger partial charge in [-0.15, -0.1) is 11.3 Å². The molecule has 0 aliphatic rings. The Morgan fingerprint density at radius 1 is 1.44 bits per heavy atom. The molecule has 4 nitrogen and oxygen atoms in total. The van der Waals surface area contributed by atoms with E-state index in [1.165, 1.54) is 0 Å². The first-order valence-corrected chi connectivity index (χ1v) is 6.53. The molecule has 2 aromatic rings. The molecule has 1 aromatic heterocycles. The second-order valence-corrected chi connectivity index (χ2v) is 4.62. The van der Waals surface area contributed by atoms with Gasteiger partial charge in [0.05, 0.1) is 16.1 Å². The Labute approximate surface area is 110 Å². The highest BCUT2D eigenvalue weighted by molar-refractivity contribution is 7.09. The maximum atomic E-state index is 8.98. The zero-order chi connectivity index (χ0) is 12.8. The van der Waals surface area contributed by atoms with Gasteiger partial charge >= 0.3 is 0 Å². The highest BCUT2D eigenvalue weighted by atomic mass is 32.1. The lowest BCUT2D eigenvalue weighted by Crippen LogP contribution is -2.04. The van der Waals surface area contributed by atoms with Gasteiger partial charge in [-0.05, 0) is 18.6 Å². The van der Waals surface area contributed by atoms with Gasteiger partial charge in [-0.1, -0.05) is 24.2 Å². The van der Waals surface area contributed by atoms with E-state index in [4.69, 9.17) is 9.94 Å². The summed E-state index contributed by atoms with van der Waals surface area (Å²) in [7, 11) is 0. The van der Waals surface area contributed by atoms with Gasteiger partial charge in [0.1, 0.15) is 12.4 Å². The second-order valence-electron chi connectivity index (χ2n) is 3.65. The van der Waals surface area contributed by atoms with Crippen LogP contribution in [0.3, 0.4) is 0 Å². The Kier molecular flexibility index (Phi) is 4.30. The normalized spacial score (nSPS) is 11.5. The number of hydrogen-bond acceptors (Lipinski definition) is 5. The monoisotopic (exact) mass is 262 g/mol. The minimum Gasteiger partial charge on any atom is -0.487 e. The number of thiazole rings is 1. The number of nitrogens with zero attached hydrogens (tertiary/aromatic N) is 2. The van der Waals surface area contributed by atoms with Crippen molar-refractivity contribution in [2.45, 2.75) is 20.0 Å². The molecule has 5 heteroatoms. The Hall–Kier alpha value is -1.88. The third-order valence-corrected chi connectivity index (χ3v) is 3.26. The van der Waals surface area contributed by atoms with E-state index in [9.17, 15) is 0 Å². The zero-order valence-corrected chi connectivity index (χ0v) is 10.9. The minimum atomic E-state index is 0.476. The summed E-state index contributed by atoms with van der Waals surface area (Å²) >= 11 is 1.55. The maximum absolute atomic E-state index is 8.98. The zero-order valence-electron chi connectivity index (χ0n) is 10.0. The van der Waals surface area contributed by atoms with E-state index < -0.39 is 0 Å². The van der Waals surface area contributed by atoms with Crippen LogP contribution in [0.2, 0.25) is 0 Å². The molecule has 1 aromatic carbocycles. The van der Waals surface area contributed by atoms with E-state index in [-0.39, 0.29) is 0 Å². The van der Waals surface area contributed by atoms with Crippen LogP contribution in [0.1, 0.15) is 23.8 Å². The topological polar surface area (TPSA) is 54.7 Å². The number of ether oxygens (including phenoxy) is 1. The molecule has 94 valence electrons. The lowest BCUT2D eigenvalue weighted by Gasteiger charge is -2.10. The van der Waals surface area contributed by atoms with Crippen molar-refractivity contribution in [3.05, 3.63) is 46.4 Å². The van der Waals surface area contributed by atoms with Crippen LogP contribution in [0.4, 0.5) is 0 Å². The van der Waals surface area contributed by atoms with Crippen LogP contribution < -0.4 is 4.74 Å². The summed E-state index contributed by atoms with van der Waals surface area (Å²) < 4.78 is 5.74. The molecular formula is C13H14N2O2S. The average Bonchev–Trinajstić information content (AvgIpc) is 2.92. The Balaban J connectivity index is 2.17. The largest absolute Gasteiger partial charge is 0.487 e. The first kappa shape index (κ1) is 12.6. The summed E-state index contributed by atoms with van der Waals surface area (Å²) in [6.07, 6.45) is 2.44. The van der Waals surface area contributed by atoms with Crippen LogP contribution in [0, 0.1) is 0 Å². The van der Waals surface area contributed by atoms with Gasteiger partial charge in [0, 0.05) is 11.8 Å². The van der Waals surface area contributed by atoms with E-state index in [0.717, 1.165) is 16.2 Å². The molecule has 1 N–H and O–H groups in total. The predicted molar refractivity (Wildman–Crippen MR) is 71.5 cm³/mol. The lowest BCUT2D eigenvalue weighted by molar-refractivity contribution is 0.305. The Bertz CT molecular complexity index is 524. The average molecular weight is 262 g/mol. The fourth-order valence-electron chi connectivity index (χ4n) is 1.61. The molecule has 0 unspecified atom stereocenters. The van der Waals surface area contributed by atoms with Gasteiger partial charge < -0.3 is 9.94 Å². The molecule has 0 amide bonds. The van der Waals surface area contributed by atoms with E-state index in [1.807, 2.05) is 31.2 Å². The number of para-hydroxylation sites is 1. The number of hydrogen-bond donors (Lipinski definition) is 1. The molecule has 0 bridgehead atoms. The summed E-state index contributed by atoms with van der Waals surface area (Å²) in [6, 6.07) is 7.56. The standard InChI is InChI=1S/C13H14N2O2S/c1-2-12(15-16)11-5-3-4-6-13(11)17-8-10-7-14-9-18-10/h3-7,9,16H,2,8H2,1H3/b15-12-. The van der Waals surface area contributed by atoms with Crippen LogP contribution >= 0.6 is 11.3 Å². The predicted octanol–water partition coefficient (Wildman–Crippen LogP) is 3.31. The molecular weight excluding hydrogens is 248 g/mol. The van der Waals surface area contributed by atoms with Crippen molar-refractivity contribution in [1.82, 2.24) is 4.98 Å². The number of rotatable bonds is 5. The second kappa shape index (κ2) is 6.16. The van der Waals surface area contributed by atoms with Crippen molar-refractivity contribution < 1.29 is 9.94 Å². The summed E-state index contributed by atoms with van der Waals surface area (Å²) in [6.45, 7) is 2.42. The highest BCUT2D eigenvalue weighted by Crippen LogP contribution is 2.22. The summed E-state index contributed by atoms with van der Waals surface area (Å²) in [5, 5.41) is 12.3. The fourth-order valence-corrected chi connectivity index (χ4v) is 2.11. The minimum absolute atomic E-state index is 0.476. The summed E-state index contributed by atoms with van der Waals surface area (Å²) in [5.41, 5.74) is 3.22. The van der Waals surface area contributed by atoms with E-state index in [1.54, 1.807) is 23.0 Å². The van der Waals surface area contributed by atoms with Crippen molar-refractivity contribution in [1.29, 1.82) is 0 Å². The van der Waals surface area contributed by atoms with Crippen LogP contribution in [0.5, 0.6) is 5.75 Å². The molecule has 1 heterocycles. The van der Waals surface area contributed by atoms with Gasteiger partial charge in [-0.3, -0.25) is 4.98 Å². The molecule has 18 heavy (non-hydrogen) atoms. The van der Waals surface area contributed by atoms with Crippen molar-refractivity contribution in [3.8, 4) is 5.75 Å². The number of aromatic nitrogens is 1. The highest BCUT2D eigenvalue weighted by Gasteiger charge is 2.09. The van der Waals surface area contributed by atoms with E-state index in [0.29, 0.717) is 18.7 Å². The maximum Gasteiger partial charge on any atom is 0.129 e. The van der Waals surface area contributed by atoms with Gasteiger partial charge in [0.25, 0.3) is 0 Å². The summed E-state index contributed by atoms with van der Waals surface area (Å²) in [4.78, 5) is 5.06. The van der Waals surface area contributed by atoms with Crippen LogP contribution in [-0.4, -0.2) is 15.9 Å². The van der Waals surface area contributed by atoms with Gasteiger partial charge in [0.15, 0.2) is 0 Å². The van der Waals surface area contributed by atoms with Gasteiger partial charge in [-0.25, -0.2) is 0 Å². The van der Waals surface area contributed by atoms with Crippen LogP contribution in [0.25, 0.3) is 0 Å². The molecule has 0 fully saturated rings. The third-order valence-electron chi connectivity index (χ3n) is 2.51. The van der Waals surface area contributed by atoms with Crippen molar-refractivity contribution >= 4 is 17.0 Å². The SMILES string of the molecule is CC/C(=N/O)c1ccccc1OCc1cncs1. The first-order chi connectivity index (χ1) is 8.85. The van der Waals surface area contributed by atoms with Crippen LogP contribution in [-0.2, 0) is 6.61 Å². The molecule has 2 rings (SSSR count). The first-order valence-electron chi connectivity index (χ1n) is 5.65. The molecule has 0 saturated carbocycles. The smallest absolute Gasteiger partial charge is 0.129 e.